The molecule has 1 N–H and O–H groups in total. The average molecular weight is 346 g/mol. The van der Waals surface area contributed by atoms with E-state index in [1.165, 1.54) is 4.90 Å². The van der Waals surface area contributed by atoms with E-state index < -0.39 is 6.10 Å². The highest BCUT2D eigenvalue weighted by atomic mass is 16.5. The molecule has 0 unspecified atom stereocenters. The Balaban J connectivity index is 1.59. The van der Waals surface area contributed by atoms with Crippen molar-refractivity contribution in [3.8, 4) is 5.75 Å². The van der Waals surface area contributed by atoms with Gasteiger partial charge in [0.15, 0.2) is 0 Å². The van der Waals surface area contributed by atoms with Gasteiger partial charge in [0.25, 0.3) is 5.91 Å². The minimum Gasteiger partial charge on any atom is -0.491 e. The largest absolute Gasteiger partial charge is 0.491 e. The number of amides is 3. The van der Waals surface area contributed by atoms with E-state index in [1.54, 1.807) is 4.90 Å². The number of imide groups is 1. The van der Waals surface area contributed by atoms with Gasteiger partial charge in [-0.3, -0.25) is 9.69 Å². The van der Waals surface area contributed by atoms with Crippen molar-refractivity contribution in [1.29, 1.82) is 0 Å². The lowest BCUT2D eigenvalue weighted by Crippen LogP contribution is -2.40. The topological polar surface area (TPSA) is 70.1 Å². The van der Waals surface area contributed by atoms with Crippen LogP contribution in [0.15, 0.2) is 24.3 Å². The second-order valence-electron chi connectivity index (χ2n) is 7.09. The number of rotatable bonds is 6. The van der Waals surface area contributed by atoms with Crippen LogP contribution in [0.3, 0.4) is 0 Å². The van der Waals surface area contributed by atoms with Crippen LogP contribution in [0.5, 0.6) is 5.75 Å². The summed E-state index contributed by atoms with van der Waals surface area (Å²) in [6.07, 6.45) is 1.71. The third-order valence-corrected chi connectivity index (χ3v) is 4.90. The molecular weight excluding hydrogens is 320 g/mol. The van der Waals surface area contributed by atoms with Gasteiger partial charge in [-0.2, -0.15) is 0 Å². The van der Waals surface area contributed by atoms with Gasteiger partial charge in [-0.05, 0) is 36.8 Å². The molecule has 25 heavy (non-hydrogen) atoms. The van der Waals surface area contributed by atoms with Gasteiger partial charge in [-0.15, -0.1) is 0 Å². The predicted octanol–water partition coefficient (Wildman–Crippen LogP) is 2.37. The third-order valence-electron chi connectivity index (χ3n) is 4.90. The predicted molar refractivity (Wildman–Crippen MR) is 93.5 cm³/mol. The molecule has 0 aliphatic carbocycles. The number of fused-ring (bicyclic) bond motifs is 1. The molecule has 2 aliphatic heterocycles. The zero-order valence-electron chi connectivity index (χ0n) is 14.9. The number of hydrogen-bond acceptors (Lipinski definition) is 4. The first-order valence-corrected chi connectivity index (χ1v) is 9.00. The summed E-state index contributed by atoms with van der Waals surface area (Å²) in [6.45, 7) is 4.81. The molecule has 6 heteroatoms. The number of carbonyl (C=O) groups is 2. The Labute approximate surface area is 148 Å². The number of para-hydroxylation sites is 1. The van der Waals surface area contributed by atoms with Crippen molar-refractivity contribution in [2.45, 2.75) is 51.2 Å². The van der Waals surface area contributed by atoms with E-state index in [9.17, 15) is 14.7 Å². The van der Waals surface area contributed by atoms with Crippen molar-refractivity contribution >= 4 is 11.9 Å². The van der Waals surface area contributed by atoms with Gasteiger partial charge >= 0.3 is 6.03 Å². The van der Waals surface area contributed by atoms with Crippen LogP contribution in [0.25, 0.3) is 0 Å². The summed E-state index contributed by atoms with van der Waals surface area (Å²) in [5, 5.41) is 10.3. The SMILES string of the molecule is CC(C)c1ccccc1OC[C@H](O)CN1C(=O)[C@H]2CCCCN2C1=O. The number of nitrogens with zero attached hydrogens (tertiary/aromatic N) is 2. The lowest BCUT2D eigenvalue weighted by Gasteiger charge is -2.26. The number of β-amino-alcohol motifs (C(OH)–C–C–N with tert-alkyl or cyclic N) is 1. The number of benzene rings is 1. The van der Waals surface area contributed by atoms with Crippen molar-refractivity contribution in [2.24, 2.45) is 0 Å². The molecule has 2 aliphatic rings. The van der Waals surface area contributed by atoms with Crippen LogP contribution in [0.1, 0.15) is 44.6 Å². The molecule has 2 saturated heterocycles. The molecule has 0 saturated carbocycles. The average Bonchev–Trinajstić information content (AvgIpc) is 2.85. The maximum atomic E-state index is 12.4. The van der Waals surface area contributed by atoms with E-state index in [-0.39, 0.29) is 31.1 Å². The molecular formula is C19H26N2O4. The van der Waals surface area contributed by atoms with E-state index >= 15 is 0 Å². The fraction of sp³-hybridized carbons (Fsp3) is 0.579. The Morgan fingerprint density at radius 1 is 1.24 bits per heavy atom. The summed E-state index contributed by atoms with van der Waals surface area (Å²) >= 11 is 0. The van der Waals surface area contributed by atoms with Gasteiger partial charge in [-0.25, -0.2) is 4.79 Å². The summed E-state index contributed by atoms with van der Waals surface area (Å²) in [5.74, 6) is 0.852. The molecule has 1 aromatic rings. The zero-order chi connectivity index (χ0) is 18.0. The van der Waals surface area contributed by atoms with Crippen LogP contribution in [-0.2, 0) is 4.79 Å². The van der Waals surface area contributed by atoms with Crippen LogP contribution >= 0.6 is 0 Å². The zero-order valence-corrected chi connectivity index (χ0v) is 14.9. The van der Waals surface area contributed by atoms with Crippen molar-refractivity contribution < 1.29 is 19.4 Å². The van der Waals surface area contributed by atoms with Crippen LogP contribution in [-0.4, -0.2) is 58.7 Å². The fourth-order valence-electron chi connectivity index (χ4n) is 3.55. The lowest BCUT2D eigenvalue weighted by atomic mass is 10.0. The Bertz CT molecular complexity index is 622. The lowest BCUT2D eigenvalue weighted by molar-refractivity contribution is -0.129. The summed E-state index contributed by atoms with van der Waals surface area (Å²) in [5.41, 5.74) is 1.07. The molecule has 1 aromatic carbocycles. The molecule has 0 aromatic heterocycles. The highest BCUT2D eigenvalue weighted by Gasteiger charge is 2.46. The first-order chi connectivity index (χ1) is 12.0. The normalized spacial score (nSPS) is 21.7. The maximum Gasteiger partial charge on any atom is 0.327 e. The van der Waals surface area contributed by atoms with Crippen LogP contribution in [0, 0.1) is 0 Å². The molecule has 136 valence electrons. The van der Waals surface area contributed by atoms with Gasteiger partial charge in [-0.1, -0.05) is 32.0 Å². The fourth-order valence-corrected chi connectivity index (χ4v) is 3.55. The van der Waals surface area contributed by atoms with E-state index in [0.717, 1.165) is 30.6 Å². The van der Waals surface area contributed by atoms with Crippen LogP contribution < -0.4 is 4.74 Å². The molecule has 3 amide bonds. The number of aliphatic hydroxyl groups excluding tert-OH is 1. The molecule has 0 bridgehead atoms. The number of aliphatic hydroxyl groups is 1. The smallest absolute Gasteiger partial charge is 0.327 e. The molecule has 0 spiro atoms. The minimum absolute atomic E-state index is 0.0193. The summed E-state index contributed by atoms with van der Waals surface area (Å²) in [6, 6.07) is 7.09. The molecule has 2 atom stereocenters. The monoisotopic (exact) mass is 346 g/mol. The number of ether oxygens (including phenoxy) is 1. The molecule has 2 fully saturated rings. The molecule has 3 rings (SSSR count). The highest BCUT2D eigenvalue weighted by Crippen LogP contribution is 2.28. The number of urea groups is 1. The standard InChI is InChI=1S/C19H26N2O4/c1-13(2)15-7-3-4-9-17(15)25-12-14(22)11-21-18(23)16-8-5-6-10-20(16)19(21)24/h3-4,7,9,13-14,16,22H,5-6,8,10-12H2,1-2H3/t14-,16-/m1/s1. The quantitative estimate of drug-likeness (QED) is 0.803. The molecule has 0 radical (unpaired) electrons. The minimum atomic E-state index is -0.908. The number of carbonyl (C=O) groups excluding carboxylic acids is 2. The summed E-state index contributed by atoms with van der Waals surface area (Å²) < 4.78 is 5.75. The van der Waals surface area contributed by atoms with Gasteiger partial charge in [0.1, 0.15) is 24.5 Å². The van der Waals surface area contributed by atoms with Crippen molar-refractivity contribution in [3.05, 3.63) is 29.8 Å². The summed E-state index contributed by atoms with van der Waals surface area (Å²) in [4.78, 5) is 27.6. The van der Waals surface area contributed by atoms with Crippen molar-refractivity contribution in [2.75, 3.05) is 19.7 Å². The van der Waals surface area contributed by atoms with Crippen LogP contribution in [0.4, 0.5) is 4.79 Å². The second-order valence-corrected chi connectivity index (χ2v) is 7.09. The van der Waals surface area contributed by atoms with E-state index in [4.69, 9.17) is 4.74 Å². The van der Waals surface area contributed by atoms with E-state index in [1.807, 2.05) is 24.3 Å². The van der Waals surface area contributed by atoms with E-state index in [0.29, 0.717) is 12.5 Å². The number of piperidine rings is 1. The van der Waals surface area contributed by atoms with Gasteiger partial charge in [0.2, 0.25) is 0 Å². The second kappa shape index (κ2) is 7.44. The summed E-state index contributed by atoms with van der Waals surface area (Å²) in [7, 11) is 0. The maximum absolute atomic E-state index is 12.4. The van der Waals surface area contributed by atoms with E-state index in [2.05, 4.69) is 13.8 Å². The molecule has 2 heterocycles. The van der Waals surface area contributed by atoms with Gasteiger partial charge < -0.3 is 14.7 Å². The van der Waals surface area contributed by atoms with Crippen LogP contribution in [0.2, 0.25) is 0 Å². The first-order valence-electron chi connectivity index (χ1n) is 9.00. The van der Waals surface area contributed by atoms with Gasteiger partial charge in [0, 0.05) is 6.54 Å². The van der Waals surface area contributed by atoms with Crippen molar-refractivity contribution in [1.82, 2.24) is 9.80 Å². The van der Waals surface area contributed by atoms with Gasteiger partial charge in [0.05, 0.1) is 6.54 Å². The highest BCUT2D eigenvalue weighted by molar-refractivity contribution is 6.04. The third kappa shape index (κ3) is 3.63. The number of hydrogen-bond donors (Lipinski definition) is 1. The Morgan fingerprint density at radius 2 is 2.00 bits per heavy atom. The Morgan fingerprint density at radius 3 is 2.72 bits per heavy atom. The Hall–Kier alpha value is -2.08. The first kappa shape index (κ1) is 17.7. The molecule has 6 nitrogen and oxygen atoms in total. The Kier molecular flexibility index (Phi) is 5.27. The van der Waals surface area contributed by atoms with Crippen molar-refractivity contribution in [3.63, 3.8) is 0 Å².